The summed E-state index contributed by atoms with van der Waals surface area (Å²) >= 11 is 0. The van der Waals surface area contributed by atoms with Crippen molar-refractivity contribution in [3.8, 4) is 0 Å². The van der Waals surface area contributed by atoms with Crippen molar-refractivity contribution in [1.29, 1.82) is 0 Å². The van der Waals surface area contributed by atoms with E-state index in [9.17, 15) is 0 Å². The molecule has 2 aromatic rings. The van der Waals surface area contributed by atoms with Gasteiger partial charge in [0.1, 0.15) is 12.1 Å². The van der Waals surface area contributed by atoms with Gasteiger partial charge in [0, 0.05) is 17.5 Å². The smallest absolute Gasteiger partial charge is 0.137 e. The molecular weight excluding hydrogens is 272 g/mol. The van der Waals surface area contributed by atoms with E-state index in [0.717, 1.165) is 16.7 Å². The van der Waals surface area contributed by atoms with Crippen molar-refractivity contribution in [2.24, 2.45) is 0 Å². The third-order valence-corrected chi connectivity index (χ3v) is 4.80. The van der Waals surface area contributed by atoms with E-state index in [1.165, 1.54) is 31.2 Å². The minimum Gasteiger partial charge on any atom is -0.367 e. The molecule has 0 atom stereocenters. The molecule has 3 rings (SSSR count). The first-order chi connectivity index (χ1) is 10.7. The van der Waals surface area contributed by atoms with E-state index in [1.807, 2.05) is 0 Å². The minimum absolute atomic E-state index is 0.517. The second kappa shape index (κ2) is 6.61. The first-order valence-corrected chi connectivity index (χ1v) is 8.36. The van der Waals surface area contributed by atoms with E-state index >= 15 is 0 Å². The standard InChI is InChI=1S/C18H26N4/c1-12(2)13-4-9-17-16(10-13)18(21-11-20-17)22-15-7-5-14(19-3)6-8-15/h4,9-12,14-15,19H,5-8H2,1-3H3,(H,20,21,22). The second-order valence-corrected chi connectivity index (χ2v) is 6.64. The van der Waals surface area contributed by atoms with Crippen molar-refractivity contribution in [3.63, 3.8) is 0 Å². The van der Waals surface area contributed by atoms with Crippen LogP contribution in [0.15, 0.2) is 24.5 Å². The summed E-state index contributed by atoms with van der Waals surface area (Å²) in [6.07, 6.45) is 6.52. The molecule has 4 heteroatoms. The molecule has 1 fully saturated rings. The molecule has 0 unspecified atom stereocenters. The van der Waals surface area contributed by atoms with Gasteiger partial charge >= 0.3 is 0 Å². The van der Waals surface area contributed by atoms with Crippen molar-refractivity contribution in [3.05, 3.63) is 30.1 Å². The van der Waals surface area contributed by atoms with Gasteiger partial charge in [0.25, 0.3) is 0 Å². The third-order valence-electron chi connectivity index (χ3n) is 4.80. The van der Waals surface area contributed by atoms with Crippen LogP contribution in [-0.4, -0.2) is 29.1 Å². The number of hydrogen-bond donors (Lipinski definition) is 2. The summed E-state index contributed by atoms with van der Waals surface area (Å²) in [4.78, 5) is 8.90. The van der Waals surface area contributed by atoms with Crippen LogP contribution in [-0.2, 0) is 0 Å². The number of aromatic nitrogens is 2. The Labute approximate surface area is 132 Å². The Bertz CT molecular complexity index is 630. The Kier molecular flexibility index (Phi) is 4.57. The number of anilines is 1. The lowest BCUT2D eigenvalue weighted by atomic mass is 9.91. The lowest BCUT2D eigenvalue weighted by Crippen LogP contribution is -2.35. The van der Waals surface area contributed by atoms with Crippen LogP contribution in [0.5, 0.6) is 0 Å². The van der Waals surface area contributed by atoms with Gasteiger partial charge in [-0.2, -0.15) is 0 Å². The largest absolute Gasteiger partial charge is 0.367 e. The first kappa shape index (κ1) is 15.2. The summed E-state index contributed by atoms with van der Waals surface area (Å²) in [5.41, 5.74) is 2.36. The normalized spacial score (nSPS) is 22.2. The van der Waals surface area contributed by atoms with Gasteiger partial charge in [0.2, 0.25) is 0 Å². The summed E-state index contributed by atoms with van der Waals surface area (Å²) < 4.78 is 0. The van der Waals surface area contributed by atoms with Crippen molar-refractivity contribution in [1.82, 2.24) is 15.3 Å². The fourth-order valence-corrected chi connectivity index (χ4v) is 3.27. The van der Waals surface area contributed by atoms with Crippen LogP contribution in [0.1, 0.15) is 51.0 Å². The van der Waals surface area contributed by atoms with Crippen molar-refractivity contribution in [2.75, 3.05) is 12.4 Å². The molecule has 0 spiro atoms. The third kappa shape index (κ3) is 3.22. The van der Waals surface area contributed by atoms with E-state index in [4.69, 9.17) is 0 Å². The zero-order chi connectivity index (χ0) is 15.5. The fraction of sp³-hybridized carbons (Fsp3) is 0.556. The zero-order valence-corrected chi connectivity index (χ0v) is 13.8. The average Bonchev–Trinajstić information content (AvgIpc) is 2.55. The van der Waals surface area contributed by atoms with Crippen molar-refractivity contribution < 1.29 is 0 Å². The number of fused-ring (bicyclic) bond motifs is 1. The van der Waals surface area contributed by atoms with Crippen molar-refractivity contribution >= 4 is 16.7 Å². The highest BCUT2D eigenvalue weighted by Gasteiger charge is 2.20. The lowest BCUT2D eigenvalue weighted by Gasteiger charge is -2.29. The molecule has 1 aliphatic carbocycles. The predicted molar refractivity (Wildman–Crippen MR) is 92.4 cm³/mol. The van der Waals surface area contributed by atoms with Crippen LogP contribution in [0.4, 0.5) is 5.82 Å². The summed E-state index contributed by atoms with van der Waals surface area (Å²) in [5.74, 6) is 1.50. The van der Waals surface area contributed by atoms with Gasteiger partial charge in [-0.05, 0) is 56.3 Å². The molecule has 4 nitrogen and oxygen atoms in total. The van der Waals surface area contributed by atoms with E-state index in [1.54, 1.807) is 6.33 Å². The van der Waals surface area contributed by atoms with Crippen molar-refractivity contribution in [2.45, 2.75) is 57.5 Å². The number of nitrogens with zero attached hydrogens (tertiary/aromatic N) is 2. The maximum Gasteiger partial charge on any atom is 0.137 e. The lowest BCUT2D eigenvalue weighted by molar-refractivity contribution is 0.371. The number of hydrogen-bond acceptors (Lipinski definition) is 4. The van der Waals surface area contributed by atoms with Crippen LogP contribution in [0.3, 0.4) is 0 Å². The maximum atomic E-state index is 4.50. The van der Waals surface area contributed by atoms with Crippen LogP contribution in [0.25, 0.3) is 10.9 Å². The topological polar surface area (TPSA) is 49.8 Å². The zero-order valence-electron chi connectivity index (χ0n) is 13.8. The summed E-state index contributed by atoms with van der Waals surface area (Å²) in [6.45, 7) is 4.44. The molecule has 22 heavy (non-hydrogen) atoms. The summed E-state index contributed by atoms with van der Waals surface area (Å²) in [7, 11) is 2.06. The summed E-state index contributed by atoms with van der Waals surface area (Å²) in [5, 5.41) is 8.18. The van der Waals surface area contributed by atoms with Crippen LogP contribution in [0, 0.1) is 0 Å². The molecule has 1 aromatic heterocycles. The van der Waals surface area contributed by atoms with Crippen LogP contribution in [0.2, 0.25) is 0 Å². The van der Waals surface area contributed by atoms with Gasteiger partial charge in [-0.25, -0.2) is 9.97 Å². The van der Waals surface area contributed by atoms with Gasteiger partial charge in [-0.3, -0.25) is 0 Å². The quantitative estimate of drug-likeness (QED) is 0.903. The SMILES string of the molecule is CNC1CCC(Nc2ncnc3ccc(C(C)C)cc23)CC1. The molecule has 0 saturated heterocycles. The molecule has 1 aromatic carbocycles. The number of nitrogens with one attached hydrogen (secondary N) is 2. The van der Waals surface area contributed by atoms with E-state index < -0.39 is 0 Å². The minimum atomic E-state index is 0.517. The molecule has 118 valence electrons. The number of benzene rings is 1. The highest BCUT2D eigenvalue weighted by Crippen LogP contribution is 2.27. The Morgan fingerprint density at radius 3 is 2.45 bits per heavy atom. The highest BCUT2D eigenvalue weighted by atomic mass is 15.0. The Hall–Kier alpha value is -1.68. The van der Waals surface area contributed by atoms with E-state index in [0.29, 0.717) is 18.0 Å². The summed E-state index contributed by atoms with van der Waals surface area (Å²) in [6, 6.07) is 7.71. The molecule has 0 bridgehead atoms. The second-order valence-electron chi connectivity index (χ2n) is 6.64. The van der Waals surface area contributed by atoms with Gasteiger partial charge < -0.3 is 10.6 Å². The average molecular weight is 298 g/mol. The molecule has 0 radical (unpaired) electrons. The Morgan fingerprint density at radius 1 is 1.05 bits per heavy atom. The van der Waals surface area contributed by atoms with Crippen LogP contribution >= 0.6 is 0 Å². The van der Waals surface area contributed by atoms with Crippen LogP contribution < -0.4 is 10.6 Å². The van der Waals surface area contributed by atoms with Gasteiger partial charge in [-0.15, -0.1) is 0 Å². The van der Waals surface area contributed by atoms with E-state index in [2.05, 4.69) is 59.7 Å². The molecule has 1 aliphatic rings. The highest BCUT2D eigenvalue weighted by molar-refractivity contribution is 5.89. The molecule has 2 N–H and O–H groups in total. The van der Waals surface area contributed by atoms with E-state index in [-0.39, 0.29) is 0 Å². The maximum absolute atomic E-state index is 4.50. The Balaban J connectivity index is 1.82. The van der Waals surface area contributed by atoms with Gasteiger partial charge in [-0.1, -0.05) is 19.9 Å². The molecule has 0 amide bonds. The molecule has 0 aliphatic heterocycles. The molecule has 1 heterocycles. The van der Waals surface area contributed by atoms with Gasteiger partial charge in [0.15, 0.2) is 0 Å². The van der Waals surface area contributed by atoms with Gasteiger partial charge in [0.05, 0.1) is 5.52 Å². The molecular formula is C18H26N4. The predicted octanol–water partition coefficient (Wildman–Crippen LogP) is 3.70. The number of rotatable bonds is 4. The fourth-order valence-electron chi connectivity index (χ4n) is 3.27. The first-order valence-electron chi connectivity index (χ1n) is 8.36. The molecule has 1 saturated carbocycles. The Morgan fingerprint density at radius 2 is 1.77 bits per heavy atom. The monoisotopic (exact) mass is 298 g/mol.